The summed E-state index contributed by atoms with van der Waals surface area (Å²) in [6, 6.07) is 8.14. The first-order valence-electron chi connectivity index (χ1n) is 6.50. The molecule has 1 rings (SSSR count). The number of ether oxygens (including phenoxy) is 1. The van der Waals surface area contributed by atoms with Gasteiger partial charge in [0.2, 0.25) is 0 Å². The van der Waals surface area contributed by atoms with Crippen molar-refractivity contribution < 1.29 is 9.84 Å². The van der Waals surface area contributed by atoms with E-state index in [-0.39, 0.29) is 30.9 Å². The van der Waals surface area contributed by atoms with Crippen LogP contribution in [0.15, 0.2) is 24.3 Å². The molecular weight excluding hydrogens is 299 g/mol. The molecule has 0 aliphatic carbocycles. The maximum atomic E-state index is 9.75. The minimum Gasteiger partial charge on any atom is -0.494 e. The van der Waals surface area contributed by atoms with Gasteiger partial charge in [0.1, 0.15) is 5.75 Å². The third-order valence-electron chi connectivity index (χ3n) is 2.47. The second kappa shape index (κ2) is 12.1. The molecular formula is C14H26Cl2N2O2. The number of aliphatic hydroxyl groups is 1. The van der Waals surface area contributed by atoms with Gasteiger partial charge in [0.05, 0.1) is 12.7 Å². The van der Waals surface area contributed by atoms with Gasteiger partial charge in [-0.2, -0.15) is 0 Å². The summed E-state index contributed by atoms with van der Waals surface area (Å²) in [5, 5.41) is 16.1. The van der Waals surface area contributed by atoms with Gasteiger partial charge in [0, 0.05) is 24.8 Å². The largest absolute Gasteiger partial charge is 0.494 e. The molecule has 118 valence electrons. The van der Waals surface area contributed by atoms with Gasteiger partial charge in [0.15, 0.2) is 0 Å². The molecule has 0 radical (unpaired) electrons. The Hall–Kier alpha value is -0.680. The third kappa shape index (κ3) is 9.26. The molecule has 3 N–H and O–H groups in total. The lowest BCUT2D eigenvalue weighted by Gasteiger charge is -2.15. The number of nitrogens with one attached hydrogen (secondary N) is 2. The van der Waals surface area contributed by atoms with E-state index in [1.165, 1.54) is 0 Å². The first-order chi connectivity index (χ1) is 8.61. The zero-order chi connectivity index (χ0) is 13.4. The second-order valence-corrected chi connectivity index (χ2v) is 4.56. The molecule has 0 heterocycles. The first kappa shape index (κ1) is 21.6. The van der Waals surface area contributed by atoms with Crippen molar-refractivity contribution in [2.45, 2.75) is 32.9 Å². The van der Waals surface area contributed by atoms with Gasteiger partial charge in [-0.05, 0) is 31.2 Å². The fourth-order valence-electron chi connectivity index (χ4n) is 1.52. The lowest BCUT2D eigenvalue weighted by molar-refractivity contribution is 0.181. The molecule has 0 spiro atoms. The molecule has 0 saturated carbocycles. The van der Waals surface area contributed by atoms with Gasteiger partial charge in [-0.25, -0.2) is 0 Å². The van der Waals surface area contributed by atoms with Crippen LogP contribution in [0.4, 0.5) is 5.69 Å². The summed E-state index contributed by atoms with van der Waals surface area (Å²) in [6.45, 7) is 7.89. The Bertz CT molecular complexity index is 334. The van der Waals surface area contributed by atoms with E-state index in [9.17, 15) is 5.11 Å². The molecule has 6 heteroatoms. The molecule has 1 atom stereocenters. The van der Waals surface area contributed by atoms with Crippen LogP contribution < -0.4 is 15.4 Å². The van der Waals surface area contributed by atoms with Crippen molar-refractivity contribution in [1.82, 2.24) is 5.32 Å². The summed E-state index contributed by atoms with van der Waals surface area (Å²) in [7, 11) is 0. The predicted octanol–water partition coefficient (Wildman–Crippen LogP) is 2.70. The minimum atomic E-state index is -0.390. The van der Waals surface area contributed by atoms with Crippen LogP contribution in [0.5, 0.6) is 5.75 Å². The van der Waals surface area contributed by atoms with Gasteiger partial charge in [-0.3, -0.25) is 0 Å². The van der Waals surface area contributed by atoms with Gasteiger partial charge >= 0.3 is 0 Å². The average Bonchev–Trinajstić information content (AvgIpc) is 2.36. The Balaban J connectivity index is 0. The molecule has 1 aromatic rings. The van der Waals surface area contributed by atoms with Crippen molar-refractivity contribution in [1.29, 1.82) is 0 Å². The van der Waals surface area contributed by atoms with E-state index in [0.29, 0.717) is 25.7 Å². The molecule has 0 aliphatic rings. The number of halogens is 2. The number of rotatable bonds is 8. The quantitative estimate of drug-likeness (QED) is 0.688. The van der Waals surface area contributed by atoms with Gasteiger partial charge in [0.25, 0.3) is 0 Å². The van der Waals surface area contributed by atoms with Crippen LogP contribution in [0.3, 0.4) is 0 Å². The van der Waals surface area contributed by atoms with Crippen molar-refractivity contribution >= 4 is 30.5 Å². The summed E-state index contributed by atoms with van der Waals surface area (Å²) in [5.41, 5.74) is 0.988. The van der Waals surface area contributed by atoms with Crippen molar-refractivity contribution in [2.24, 2.45) is 0 Å². The van der Waals surface area contributed by atoms with E-state index in [1.807, 2.05) is 31.2 Å². The van der Waals surface area contributed by atoms with Crippen LogP contribution in [-0.4, -0.2) is 36.9 Å². The number of hydrogen-bond acceptors (Lipinski definition) is 4. The number of aliphatic hydroxyl groups excluding tert-OH is 1. The molecule has 0 bridgehead atoms. The normalized spacial score (nSPS) is 11.2. The Kier molecular flexibility index (Phi) is 13.1. The zero-order valence-electron chi connectivity index (χ0n) is 12.3. The standard InChI is InChI=1S/C14H24N2O2.2ClH/c1-4-18-14-7-5-12(6-8-14)16-10-13(17)9-15-11(2)3;;/h5-8,11,13,15-17H,4,9-10H2,1-3H3;2*1H. The van der Waals surface area contributed by atoms with Gasteiger partial charge < -0.3 is 20.5 Å². The second-order valence-electron chi connectivity index (χ2n) is 4.56. The molecule has 0 amide bonds. The van der Waals surface area contributed by atoms with Crippen molar-refractivity contribution in [3.63, 3.8) is 0 Å². The molecule has 0 saturated heterocycles. The van der Waals surface area contributed by atoms with Gasteiger partial charge in [-0.15, -0.1) is 24.8 Å². The monoisotopic (exact) mass is 324 g/mol. The summed E-state index contributed by atoms with van der Waals surface area (Å²) < 4.78 is 5.36. The third-order valence-corrected chi connectivity index (χ3v) is 2.47. The fraction of sp³-hybridized carbons (Fsp3) is 0.571. The summed E-state index contributed by atoms with van der Waals surface area (Å²) in [6.07, 6.45) is -0.390. The van der Waals surface area contributed by atoms with Crippen molar-refractivity contribution in [2.75, 3.05) is 25.0 Å². The minimum absolute atomic E-state index is 0. The van der Waals surface area contributed by atoms with Crippen LogP contribution in [0, 0.1) is 0 Å². The van der Waals surface area contributed by atoms with E-state index in [4.69, 9.17) is 4.74 Å². The van der Waals surface area contributed by atoms with Crippen LogP contribution in [0.1, 0.15) is 20.8 Å². The van der Waals surface area contributed by atoms with Crippen molar-refractivity contribution in [3.8, 4) is 5.75 Å². The molecule has 4 nitrogen and oxygen atoms in total. The highest BCUT2D eigenvalue weighted by Gasteiger charge is 2.04. The van der Waals surface area contributed by atoms with E-state index < -0.39 is 0 Å². The highest BCUT2D eigenvalue weighted by atomic mass is 35.5. The van der Waals surface area contributed by atoms with E-state index >= 15 is 0 Å². The van der Waals surface area contributed by atoms with Crippen molar-refractivity contribution in [3.05, 3.63) is 24.3 Å². The average molecular weight is 325 g/mol. The van der Waals surface area contributed by atoms with Crippen LogP contribution in [-0.2, 0) is 0 Å². The van der Waals surface area contributed by atoms with E-state index in [1.54, 1.807) is 0 Å². The molecule has 0 fully saturated rings. The molecule has 1 aromatic carbocycles. The van der Waals surface area contributed by atoms with E-state index in [0.717, 1.165) is 11.4 Å². The summed E-state index contributed by atoms with van der Waals surface area (Å²) in [4.78, 5) is 0. The summed E-state index contributed by atoms with van der Waals surface area (Å²) >= 11 is 0. The first-order valence-corrected chi connectivity index (χ1v) is 6.50. The van der Waals surface area contributed by atoms with E-state index in [2.05, 4.69) is 24.5 Å². The number of benzene rings is 1. The number of anilines is 1. The Morgan fingerprint density at radius 3 is 2.20 bits per heavy atom. The predicted molar refractivity (Wildman–Crippen MR) is 89.7 cm³/mol. The highest BCUT2D eigenvalue weighted by Crippen LogP contribution is 2.15. The number of hydrogen-bond donors (Lipinski definition) is 3. The highest BCUT2D eigenvalue weighted by molar-refractivity contribution is 5.85. The molecule has 0 aromatic heterocycles. The molecule has 0 aliphatic heterocycles. The zero-order valence-corrected chi connectivity index (χ0v) is 13.9. The lowest BCUT2D eigenvalue weighted by Crippen LogP contribution is -2.35. The lowest BCUT2D eigenvalue weighted by atomic mass is 10.2. The smallest absolute Gasteiger partial charge is 0.119 e. The molecule has 20 heavy (non-hydrogen) atoms. The van der Waals surface area contributed by atoms with Gasteiger partial charge in [-0.1, -0.05) is 13.8 Å². The van der Waals surface area contributed by atoms with Crippen LogP contribution >= 0.6 is 24.8 Å². The Morgan fingerprint density at radius 2 is 1.70 bits per heavy atom. The maximum Gasteiger partial charge on any atom is 0.119 e. The molecule has 1 unspecified atom stereocenters. The maximum absolute atomic E-state index is 9.75. The Labute approximate surface area is 134 Å². The summed E-state index contributed by atoms with van der Waals surface area (Å²) in [5.74, 6) is 0.866. The Morgan fingerprint density at radius 1 is 1.10 bits per heavy atom. The topological polar surface area (TPSA) is 53.5 Å². The SMILES string of the molecule is CCOc1ccc(NCC(O)CNC(C)C)cc1.Cl.Cl. The fourth-order valence-corrected chi connectivity index (χ4v) is 1.52. The van der Waals surface area contributed by atoms with Crippen LogP contribution in [0.2, 0.25) is 0 Å². The van der Waals surface area contributed by atoms with Crippen LogP contribution in [0.25, 0.3) is 0 Å².